The molecule has 0 saturated heterocycles. The normalized spacial score (nSPS) is 20.7. The first kappa shape index (κ1) is 14.1. The Bertz CT molecular complexity index is 445. The van der Waals surface area contributed by atoms with Crippen molar-refractivity contribution in [1.82, 2.24) is 5.32 Å². The summed E-state index contributed by atoms with van der Waals surface area (Å²) in [5.41, 5.74) is 7.13. The lowest BCUT2D eigenvalue weighted by molar-refractivity contribution is -0.122. The van der Waals surface area contributed by atoms with Crippen molar-refractivity contribution < 1.29 is 9.21 Å². The second kappa shape index (κ2) is 5.37. The van der Waals surface area contributed by atoms with E-state index in [1.165, 1.54) is 0 Å². The summed E-state index contributed by atoms with van der Waals surface area (Å²) in [6, 6.07) is 1.92. The number of aryl methyl sites for hydroxylation is 1. The lowest BCUT2D eigenvalue weighted by Crippen LogP contribution is -2.41. The van der Waals surface area contributed by atoms with E-state index < -0.39 is 0 Å². The highest BCUT2D eigenvalue weighted by Gasteiger charge is 2.27. The van der Waals surface area contributed by atoms with Crippen LogP contribution < -0.4 is 11.1 Å². The fourth-order valence-electron chi connectivity index (χ4n) is 2.40. The van der Waals surface area contributed by atoms with Gasteiger partial charge in [-0.05, 0) is 24.3 Å². The number of amides is 1. The van der Waals surface area contributed by atoms with Crippen LogP contribution in [0.5, 0.6) is 0 Å². The first-order valence-corrected chi connectivity index (χ1v) is 6.99. The highest BCUT2D eigenvalue weighted by molar-refractivity contribution is 5.77. The number of fused-ring (bicyclic) bond motifs is 1. The Balaban J connectivity index is 1.94. The first-order chi connectivity index (χ1) is 8.88. The predicted octanol–water partition coefficient (Wildman–Crippen LogP) is 2.54. The van der Waals surface area contributed by atoms with Crippen LogP contribution in [0.4, 0.5) is 0 Å². The molecule has 19 heavy (non-hydrogen) atoms. The van der Waals surface area contributed by atoms with Crippen LogP contribution >= 0.6 is 0 Å². The van der Waals surface area contributed by atoms with Crippen molar-refractivity contribution in [1.29, 1.82) is 0 Å². The molecule has 1 aliphatic carbocycles. The van der Waals surface area contributed by atoms with Crippen LogP contribution in [-0.2, 0) is 11.2 Å². The van der Waals surface area contributed by atoms with Gasteiger partial charge in [-0.15, -0.1) is 0 Å². The van der Waals surface area contributed by atoms with Crippen LogP contribution in [0.15, 0.2) is 16.7 Å². The smallest absolute Gasteiger partial charge is 0.222 e. The molecule has 1 aromatic heterocycles. The van der Waals surface area contributed by atoms with Crippen molar-refractivity contribution in [2.24, 2.45) is 11.1 Å². The minimum Gasteiger partial charge on any atom is -0.469 e. The van der Waals surface area contributed by atoms with Crippen LogP contribution in [-0.4, -0.2) is 11.9 Å². The topological polar surface area (TPSA) is 68.3 Å². The van der Waals surface area contributed by atoms with Gasteiger partial charge < -0.3 is 15.5 Å². The summed E-state index contributed by atoms with van der Waals surface area (Å²) in [5.74, 6) is 1.04. The number of carbonyl (C=O) groups is 1. The van der Waals surface area contributed by atoms with Crippen molar-refractivity contribution in [3.05, 3.63) is 23.7 Å². The Morgan fingerprint density at radius 2 is 2.32 bits per heavy atom. The zero-order chi connectivity index (χ0) is 14.0. The van der Waals surface area contributed by atoms with E-state index in [2.05, 4.69) is 26.1 Å². The van der Waals surface area contributed by atoms with Crippen LogP contribution in [0.25, 0.3) is 0 Å². The van der Waals surface area contributed by atoms with Gasteiger partial charge in [0.05, 0.1) is 12.3 Å². The monoisotopic (exact) mass is 264 g/mol. The largest absolute Gasteiger partial charge is 0.469 e. The SMILES string of the molecule is CC(C)(C)C(N)CC(=O)NC1CCCc2occc21. The quantitative estimate of drug-likeness (QED) is 0.881. The number of carbonyl (C=O) groups excluding carboxylic acids is 1. The molecule has 1 amide bonds. The molecule has 3 N–H and O–H groups in total. The molecule has 2 rings (SSSR count). The first-order valence-electron chi connectivity index (χ1n) is 6.99. The number of nitrogens with one attached hydrogen (secondary N) is 1. The highest BCUT2D eigenvalue weighted by atomic mass is 16.3. The average Bonchev–Trinajstić information content (AvgIpc) is 2.76. The molecule has 0 radical (unpaired) electrons. The fourth-order valence-corrected chi connectivity index (χ4v) is 2.40. The van der Waals surface area contributed by atoms with Gasteiger partial charge in [0.1, 0.15) is 5.76 Å². The lowest BCUT2D eigenvalue weighted by Gasteiger charge is -2.28. The molecular weight excluding hydrogens is 240 g/mol. The molecule has 2 atom stereocenters. The molecule has 1 aromatic rings. The number of rotatable bonds is 3. The van der Waals surface area contributed by atoms with E-state index in [1.807, 2.05) is 6.07 Å². The maximum atomic E-state index is 12.1. The summed E-state index contributed by atoms with van der Waals surface area (Å²) < 4.78 is 5.43. The van der Waals surface area contributed by atoms with Gasteiger partial charge >= 0.3 is 0 Å². The van der Waals surface area contributed by atoms with Crippen LogP contribution in [0.3, 0.4) is 0 Å². The molecule has 0 bridgehead atoms. The molecule has 1 heterocycles. The zero-order valence-corrected chi connectivity index (χ0v) is 12.0. The predicted molar refractivity (Wildman–Crippen MR) is 74.6 cm³/mol. The third-order valence-electron chi connectivity index (χ3n) is 3.90. The summed E-state index contributed by atoms with van der Waals surface area (Å²) in [6.45, 7) is 6.17. The minimum absolute atomic E-state index is 0.0291. The van der Waals surface area contributed by atoms with E-state index in [1.54, 1.807) is 6.26 Å². The van der Waals surface area contributed by atoms with E-state index in [-0.39, 0.29) is 23.4 Å². The summed E-state index contributed by atoms with van der Waals surface area (Å²) >= 11 is 0. The van der Waals surface area contributed by atoms with Gasteiger partial charge in [-0.25, -0.2) is 0 Å². The van der Waals surface area contributed by atoms with Gasteiger partial charge in [0, 0.05) is 24.4 Å². The molecule has 4 heteroatoms. The van der Waals surface area contributed by atoms with Gasteiger partial charge in [-0.1, -0.05) is 20.8 Å². The molecule has 2 unspecified atom stereocenters. The fraction of sp³-hybridized carbons (Fsp3) is 0.667. The van der Waals surface area contributed by atoms with E-state index in [4.69, 9.17) is 10.2 Å². The van der Waals surface area contributed by atoms with Gasteiger partial charge in [0.2, 0.25) is 5.91 Å². The molecule has 1 aliphatic rings. The molecule has 106 valence electrons. The van der Waals surface area contributed by atoms with Gasteiger partial charge in [0.25, 0.3) is 0 Å². The van der Waals surface area contributed by atoms with E-state index >= 15 is 0 Å². The second-order valence-corrected chi connectivity index (χ2v) is 6.49. The molecular formula is C15H24N2O2. The number of hydrogen-bond acceptors (Lipinski definition) is 3. The van der Waals surface area contributed by atoms with Crippen molar-refractivity contribution >= 4 is 5.91 Å². The van der Waals surface area contributed by atoms with Crippen molar-refractivity contribution in [3.8, 4) is 0 Å². The van der Waals surface area contributed by atoms with Gasteiger partial charge in [0.15, 0.2) is 0 Å². The number of nitrogens with two attached hydrogens (primary N) is 1. The molecule has 0 fully saturated rings. The van der Waals surface area contributed by atoms with Crippen LogP contribution in [0.1, 0.15) is 57.4 Å². The Hall–Kier alpha value is -1.29. The third-order valence-corrected chi connectivity index (χ3v) is 3.90. The maximum absolute atomic E-state index is 12.1. The minimum atomic E-state index is -0.125. The van der Waals surface area contributed by atoms with Gasteiger partial charge in [-0.2, -0.15) is 0 Å². The third kappa shape index (κ3) is 3.38. The summed E-state index contributed by atoms with van der Waals surface area (Å²) in [4.78, 5) is 12.1. The molecule has 0 spiro atoms. The van der Waals surface area contributed by atoms with Crippen molar-refractivity contribution in [2.45, 2.75) is 58.5 Å². The van der Waals surface area contributed by atoms with E-state index in [0.29, 0.717) is 6.42 Å². The molecule has 0 aliphatic heterocycles. The van der Waals surface area contributed by atoms with Gasteiger partial charge in [-0.3, -0.25) is 4.79 Å². The zero-order valence-electron chi connectivity index (χ0n) is 12.0. The Morgan fingerprint density at radius 1 is 1.58 bits per heavy atom. The molecule has 0 saturated carbocycles. The number of hydrogen-bond donors (Lipinski definition) is 2. The Kier molecular flexibility index (Phi) is 3.99. The second-order valence-electron chi connectivity index (χ2n) is 6.49. The summed E-state index contributed by atoms with van der Waals surface area (Å²) in [5, 5.41) is 3.09. The van der Waals surface area contributed by atoms with E-state index in [0.717, 1.165) is 30.6 Å². The van der Waals surface area contributed by atoms with Crippen molar-refractivity contribution in [2.75, 3.05) is 0 Å². The molecule has 0 aromatic carbocycles. The maximum Gasteiger partial charge on any atom is 0.222 e. The van der Waals surface area contributed by atoms with Crippen molar-refractivity contribution in [3.63, 3.8) is 0 Å². The summed E-state index contributed by atoms with van der Waals surface area (Å²) in [7, 11) is 0. The average molecular weight is 264 g/mol. The molecule has 4 nitrogen and oxygen atoms in total. The van der Waals surface area contributed by atoms with Crippen LogP contribution in [0, 0.1) is 5.41 Å². The summed E-state index contributed by atoms with van der Waals surface area (Å²) in [6.07, 6.45) is 5.07. The van der Waals surface area contributed by atoms with E-state index in [9.17, 15) is 4.79 Å². The Labute approximate surface area is 114 Å². The Morgan fingerprint density at radius 3 is 3.00 bits per heavy atom. The number of furan rings is 1. The van der Waals surface area contributed by atoms with Crippen LogP contribution in [0.2, 0.25) is 0 Å². The lowest BCUT2D eigenvalue weighted by atomic mass is 9.85. The highest BCUT2D eigenvalue weighted by Crippen LogP contribution is 2.30. The standard InChI is InChI=1S/C15H24N2O2/c1-15(2,3)13(16)9-14(18)17-11-5-4-6-12-10(11)7-8-19-12/h7-8,11,13H,4-6,9,16H2,1-3H3,(H,17,18).